The largest absolute Gasteiger partial charge is 0.504 e. The van der Waals surface area contributed by atoms with Crippen LogP contribution in [0.1, 0.15) is 80.6 Å². The van der Waals surface area contributed by atoms with Gasteiger partial charge in [-0.05, 0) is 69.5 Å². The number of aliphatic hydroxyl groups excluding tert-OH is 1. The van der Waals surface area contributed by atoms with E-state index in [9.17, 15) is 24.6 Å². The van der Waals surface area contributed by atoms with Crippen molar-refractivity contribution in [3.63, 3.8) is 0 Å². The summed E-state index contributed by atoms with van der Waals surface area (Å²) in [6.07, 6.45) is 1.11. The van der Waals surface area contributed by atoms with Crippen LogP contribution < -0.4 is 34.3 Å². The zero-order valence-corrected chi connectivity index (χ0v) is 35.3. The molecule has 0 aliphatic carbocycles. The van der Waals surface area contributed by atoms with Gasteiger partial charge in [0.15, 0.2) is 23.0 Å². The Labute approximate surface area is 350 Å². The van der Waals surface area contributed by atoms with Crippen molar-refractivity contribution in [3.05, 3.63) is 62.8 Å². The topological polar surface area (TPSA) is 193 Å². The zero-order chi connectivity index (χ0) is 42.3. The minimum absolute atomic E-state index is 0.00719. The number of esters is 2. The zero-order valence-electron chi connectivity index (χ0n) is 34.5. The number of phenolic OH excluding ortho intramolecular Hbond substituents is 1. The van der Waals surface area contributed by atoms with Gasteiger partial charge in [0.05, 0.1) is 37.2 Å². The second kappa shape index (κ2) is 15.4. The summed E-state index contributed by atoms with van der Waals surface area (Å²) in [6.45, 7) is 7.01. The number of fused-ring (bicyclic) bond motifs is 12. The fraction of sp³-hybridized carbons (Fsp3) is 0.465. The molecule has 0 unspecified atom stereocenters. The van der Waals surface area contributed by atoms with Crippen molar-refractivity contribution in [1.82, 2.24) is 20.1 Å². The number of rotatable bonds is 5. The van der Waals surface area contributed by atoms with E-state index in [1.807, 2.05) is 13.8 Å². The van der Waals surface area contributed by atoms with Gasteiger partial charge >= 0.3 is 11.9 Å². The summed E-state index contributed by atoms with van der Waals surface area (Å²) in [5, 5.41) is 28.1. The Hall–Kier alpha value is -5.20. The number of benzene rings is 3. The number of thioether (sulfide) groups is 1. The number of aryl methyl sites for hydroxylation is 1. The average Bonchev–Trinajstić information content (AvgIpc) is 3.85. The quantitative estimate of drug-likeness (QED) is 0.139. The minimum atomic E-state index is -0.707. The molecule has 9 rings (SSSR count). The maximum absolute atomic E-state index is 14.6. The van der Waals surface area contributed by atoms with E-state index in [0.717, 1.165) is 38.8 Å². The number of nitrogens with zero attached hydrogens (tertiary/aromatic N) is 2. The molecule has 0 saturated carbocycles. The van der Waals surface area contributed by atoms with Crippen LogP contribution in [0.2, 0.25) is 0 Å². The number of aromatic hydroxyl groups is 1. The van der Waals surface area contributed by atoms with Crippen LogP contribution in [-0.2, 0) is 27.2 Å². The number of nitrogens with one attached hydrogen (secondary N) is 3. The number of piperazine rings is 1. The Kier molecular flexibility index (Phi) is 10.3. The van der Waals surface area contributed by atoms with Crippen molar-refractivity contribution >= 4 is 46.2 Å². The summed E-state index contributed by atoms with van der Waals surface area (Å²) >= 11 is 1.68. The molecule has 16 nitrogen and oxygen atoms in total. The highest BCUT2D eigenvalue weighted by Gasteiger charge is 2.59. The fourth-order valence-corrected chi connectivity index (χ4v) is 11.8. The van der Waals surface area contributed by atoms with E-state index >= 15 is 0 Å². The number of amides is 1. The monoisotopic (exact) mass is 843 g/mol. The van der Waals surface area contributed by atoms with E-state index in [-0.39, 0.29) is 54.3 Å². The van der Waals surface area contributed by atoms with Crippen molar-refractivity contribution < 1.29 is 53.0 Å². The van der Waals surface area contributed by atoms with Crippen LogP contribution in [0, 0.1) is 13.8 Å². The number of hydrogen-bond donors (Lipinski definition) is 5. The van der Waals surface area contributed by atoms with Gasteiger partial charge in [0.1, 0.15) is 30.4 Å². The number of aromatic amines is 1. The summed E-state index contributed by atoms with van der Waals surface area (Å²) in [7, 11) is 5.15. The fourth-order valence-electron chi connectivity index (χ4n) is 10.5. The van der Waals surface area contributed by atoms with Crippen LogP contribution in [0.4, 0.5) is 5.69 Å². The van der Waals surface area contributed by atoms with Gasteiger partial charge in [-0.15, -0.1) is 11.8 Å². The molecule has 0 radical (unpaired) electrons. The Morgan fingerprint density at radius 1 is 1.05 bits per heavy atom. The maximum atomic E-state index is 14.6. The molecule has 5 aliphatic heterocycles. The molecule has 5 aliphatic rings. The van der Waals surface area contributed by atoms with Crippen LogP contribution in [-0.4, -0.2) is 115 Å². The summed E-state index contributed by atoms with van der Waals surface area (Å²) in [6, 6.07) is 4.16. The first-order chi connectivity index (χ1) is 28.9. The number of aromatic nitrogens is 1. The van der Waals surface area contributed by atoms with E-state index in [2.05, 4.69) is 45.5 Å². The number of H-pyrrole nitrogens is 1. The molecule has 4 aromatic rings. The van der Waals surface area contributed by atoms with Gasteiger partial charge < -0.3 is 54.3 Å². The lowest BCUT2D eigenvalue weighted by Crippen LogP contribution is -2.68. The van der Waals surface area contributed by atoms with Crippen LogP contribution >= 0.6 is 11.8 Å². The number of cyclic esters (lactones) is 1. The van der Waals surface area contributed by atoms with Crippen molar-refractivity contribution in [2.45, 2.75) is 76.0 Å². The lowest BCUT2D eigenvalue weighted by atomic mass is 9.71. The predicted octanol–water partition coefficient (Wildman–Crippen LogP) is 4.55. The molecule has 1 aromatic heterocycles. The molecule has 0 spiro atoms. The van der Waals surface area contributed by atoms with Gasteiger partial charge in [-0.25, -0.2) is 4.79 Å². The molecule has 1 fully saturated rings. The highest BCUT2D eigenvalue weighted by molar-refractivity contribution is 7.99. The van der Waals surface area contributed by atoms with Gasteiger partial charge in [0, 0.05) is 70.6 Å². The van der Waals surface area contributed by atoms with E-state index in [1.54, 1.807) is 31.0 Å². The number of anilines is 1. The normalized spacial score (nSPS) is 24.7. The first-order valence-corrected chi connectivity index (χ1v) is 21.1. The number of likely N-dealkylation sites (N-methyl/N-ethyl adjacent to an activating group) is 1. The van der Waals surface area contributed by atoms with Crippen molar-refractivity contribution in [3.8, 4) is 34.5 Å². The Morgan fingerprint density at radius 2 is 1.83 bits per heavy atom. The average molecular weight is 844 g/mol. The Balaban J connectivity index is 1.24. The summed E-state index contributed by atoms with van der Waals surface area (Å²) in [5.74, 6) is 1.07. The Morgan fingerprint density at radius 3 is 2.57 bits per heavy atom. The van der Waals surface area contributed by atoms with Gasteiger partial charge in [-0.3, -0.25) is 19.4 Å². The molecular formula is C43H49N5O11S. The number of carbonyl (C=O) groups is 3. The standard InChI is InChI=1S/C43H49N5O11S/c1-18-10-22-11-27-20(3)48-28-15-56-43(53)34-23(24-12-29(54-6)26(13-25(24)46-34)45-30(51)14-49)8-9-44-16-60-42(36(48)35(47(27)5)31(22)37(52)38(18)55-7)33-32(28)41-40(57-17-58-41)19(2)39(33)59-21(4)50/h10,12-13,20,27-28,35-36,42,44,46,49,52H,8-9,11,14-17H2,1-7H3,(H,45,51)/t20-,27-,28-,35+,36+,42+/m0/s1. The van der Waals surface area contributed by atoms with Gasteiger partial charge in [-0.1, -0.05) is 6.07 Å². The number of methoxy groups -OCH3 is 2. The molecule has 4 bridgehead atoms. The first kappa shape index (κ1) is 40.2. The van der Waals surface area contributed by atoms with Crippen molar-refractivity contribution in [2.75, 3.05) is 59.0 Å². The number of ether oxygens (including phenoxy) is 6. The van der Waals surface area contributed by atoms with Crippen LogP contribution in [0.5, 0.6) is 34.5 Å². The second-order valence-electron chi connectivity index (χ2n) is 16.0. The van der Waals surface area contributed by atoms with E-state index < -0.39 is 30.5 Å². The lowest BCUT2D eigenvalue weighted by Gasteiger charge is -2.62. The smallest absolute Gasteiger partial charge is 0.355 e. The maximum Gasteiger partial charge on any atom is 0.355 e. The second-order valence-corrected chi connectivity index (χ2v) is 17.2. The van der Waals surface area contributed by atoms with Gasteiger partial charge in [0.2, 0.25) is 12.7 Å². The molecule has 6 atom stereocenters. The summed E-state index contributed by atoms with van der Waals surface area (Å²) in [4.78, 5) is 47.8. The molecule has 3 aromatic carbocycles. The predicted molar refractivity (Wildman–Crippen MR) is 222 cm³/mol. The number of phenols is 1. The number of carbonyl (C=O) groups excluding carboxylic acids is 3. The third-order valence-electron chi connectivity index (χ3n) is 12.9. The van der Waals surface area contributed by atoms with Crippen molar-refractivity contribution in [2.24, 2.45) is 0 Å². The third-order valence-corrected chi connectivity index (χ3v) is 14.1. The van der Waals surface area contributed by atoms with Gasteiger partial charge in [-0.2, -0.15) is 0 Å². The molecule has 6 heterocycles. The highest BCUT2D eigenvalue weighted by Crippen LogP contribution is 2.63. The minimum Gasteiger partial charge on any atom is -0.504 e. The van der Waals surface area contributed by atoms with E-state index in [0.29, 0.717) is 70.8 Å². The third kappa shape index (κ3) is 6.15. The molecular weight excluding hydrogens is 795 g/mol. The summed E-state index contributed by atoms with van der Waals surface area (Å²) in [5.41, 5.74) is 6.71. The SMILES string of the molecule is COc1cc2c3c([nH]c2cc1NC(=O)CO)C(=O)OC[C@H]1c2c4c(c(C)c(OC(C)=O)c2[C@@H](SCNCC3)[C@H]2[C@H]3c5c(cc(C)c(OC)c5O)C[C@@H]([C@H](C)N21)N3C)OCO4. The van der Waals surface area contributed by atoms with Crippen LogP contribution in [0.25, 0.3) is 10.9 Å². The molecule has 1 saturated heterocycles. The van der Waals surface area contributed by atoms with Crippen LogP contribution in [0.15, 0.2) is 18.2 Å². The molecule has 1 amide bonds. The van der Waals surface area contributed by atoms with Crippen LogP contribution in [0.3, 0.4) is 0 Å². The van der Waals surface area contributed by atoms with Crippen molar-refractivity contribution in [1.29, 1.82) is 0 Å². The Bertz CT molecular complexity index is 2450. The number of hydrogen-bond acceptors (Lipinski definition) is 15. The molecule has 60 heavy (non-hydrogen) atoms. The van der Waals surface area contributed by atoms with E-state index in [4.69, 9.17) is 28.4 Å². The molecule has 5 N–H and O–H groups in total. The van der Waals surface area contributed by atoms with E-state index in [1.165, 1.54) is 14.0 Å². The summed E-state index contributed by atoms with van der Waals surface area (Å²) < 4.78 is 36.4. The molecule has 318 valence electrons. The van der Waals surface area contributed by atoms with Gasteiger partial charge in [0.25, 0.3) is 0 Å². The number of aliphatic hydroxyl groups is 1. The first-order valence-electron chi connectivity index (χ1n) is 20.0. The molecule has 17 heteroatoms. The highest BCUT2D eigenvalue weighted by atomic mass is 32.2. The lowest BCUT2D eigenvalue weighted by molar-refractivity contribution is -0.132.